The number of aliphatic hydroxyl groups excluding tert-OH is 1. The van der Waals surface area contributed by atoms with Crippen molar-refractivity contribution in [3.8, 4) is 0 Å². The van der Waals surface area contributed by atoms with Gasteiger partial charge in [-0.3, -0.25) is 0 Å². The minimum absolute atomic E-state index is 0.150. The summed E-state index contributed by atoms with van der Waals surface area (Å²) >= 11 is 4.05. The molecule has 2 aromatic rings. The Kier molecular flexibility index (Phi) is 3.09. The number of halogens is 1. The molecule has 1 N–H and O–H groups in total. The fourth-order valence-electron chi connectivity index (χ4n) is 1.48. The molecule has 0 bridgehead atoms. The van der Waals surface area contributed by atoms with E-state index in [9.17, 15) is 0 Å². The summed E-state index contributed by atoms with van der Waals surface area (Å²) in [5, 5.41) is 10.3. The van der Waals surface area contributed by atoms with Crippen molar-refractivity contribution >= 4 is 44.0 Å². The number of hydrogen-bond donors (Lipinski definition) is 1. The van der Waals surface area contributed by atoms with Crippen molar-refractivity contribution in [1.82, 2.24) is 0 Å². The average molecular weight is 318 g/mol. The molecule has 0 aliphatic rings. The maximum absolute atomic E-state index is 9.06. The van der Waals surface area contributed by atoms with E-state index in [0.717, 1.165) is 11.3 Å². The standard InChI is InChI=1S/C11H11IOS/c1-2-7-3-10(12)9-5-8(6-13)14-11(9)4-7/h3-5,13H,2,6H2,1H3. The van der Waals surface area contributed by atoms with Crippen molar-refractivity contribution in [3.63, 3.8) is 0 Å². The second kappa shape index (κ2) is 4.16. The summed E-state index contributed by atoms with van der Waals surface area (Å²) in [7, 11) is 0. The van der Waals surface area contributed by atoms with Gasteiger partial charge in [-0.05, 0) is 52.8 Å². The summed E-state index contributed by atoms with van der Waals surface area (Å²) in [5.74, 6) is 0. The maximum atomic E-state index is 9.06. The van der Waals surface area contributed by atoms with E-state index >= 15 is 0 Å². The third-order valence-electron chi connectivity index (χ3n) is 2.26. The Morgan fingerprint density at radius 3 is 2.79 bits per heavy atom. The summed E-state index contributed by atoms with van der Waals surface area (Å²) in [6.45, 7) is 2.31. The molecular formula is C11H11IOS. The molecule has 0 aliphatic carbocycles. The normalized spacial score (nSPS) is 11.1. The van der Waals surface area contributed by atoms with Gasteiger partial charge in [0.05, 0.1) is 6.61 Å². The van der Waals surface area contributed by atoms with E-state index in [1.54, 1.807) is 11.3 Å². The van der Waals surface area contributed by atoms with Crippen LogP contribution in [0.25, 0.3) is 10.1 Å². The fraction of sp³-hybridized carbons (Fsp3) is 0.273. The minimum atomic E-state index is 0.150. The molecular weight excluding hydrogens is 307 g/mol. The Hall–Kier alpha value is -0.130. The van der Waals surface area contributed by atoms with Crippen molar-refractivity contribution in [2.24, 2.45) is 0 Å². The molecule has 0 amide bonds. The number of fused-ring (bicyclic) bond motifs is 1. The van der Waals surface area contributed by atoms with Gasteiger partial charge in [-0.2, -0.15) is 0 Å². The van der Waals surface area contributed by atoms with E-state index in [2.05, 4.69) is 47.7 Å². The molecule has 0 spiro atoms. The van der Waals surface area contributed by atoms with Crippen LogP contribution in [0.3, 0.4) is 0 Å². The molecule has 2 rings (SSSR count). The first-order valence-electron chi connectivity index (χ1n) is 4.56. The van der Waals surface area contributed by atoms with E-state index in [1.165, 1.54) is 19.2 Å². The van der Waals surface area contributed by atoms with Gasteiger partial charge in [0.15, 0.2) is 0 Å². The van der Waals surface area contributed by atoms with Crippen LogP contribution in [-0.2, 0) is 13.0 Å². The van der Waals surface area contributed by atoms with E-state index in [-0.39, 0.29) is 6.61 Å². The molecule has 3 heteroatoms. The van der Waals surface area contributed by atoms with Crippen molar-refractivity contribution in [3.05, 3.63) is 32.2 Å². The highest BCUT2D eigenvalue weighted by atomic mass is 127. The van der Waals surface area contributed by atoms with Gasteiger partial charge in [0.25, 0.3) is 0 Å². The van der Waals surface area contributed by atoms with Crippen molar-refractivity contribution in [2.45, 2.75) is 20.0 Å². The Morgan fingerprint density at radius 2 is 2.14 bits per heavy atom. The summed E-state index contributed by atoms with van der Waals surface area (Å²) in [6, 6.07) is 6.53. The molecule has 1 nitrogen and oxygen atoms in total. The summed E-state index contributed by atoms with van der Waals surface area (Å²) in [5.41, 5.74) is 1.37. The lowest BCUT2D eigenvalue weighted by Crippen LogP contribution is -1.81. The van der Waals surface area contributed by atoms with Crippen LogP contribution in [0.2, 0.25) is 0 Å². The summed E-state index contributed by atoms with van der Waals surface area (Å²) in [4.78, 5) is 1.05. The number of aryl methyl sites for hydroxylation is 1. The lowest BCUT2D eigenvalue weighted by atomic mass is 10.1. The molecule has 0 radical (unpaired) electrons. The van der Waals surface area contributed by atoms with E-state index in [1.807, 2.05) is 0 Å². The second-order valence-corrected chi connectivity index (χ2v) is 5.54. The zero-order valence-corrected chi connectivity index (χ0v) is 10.9. The SMILES string of the molecule is CCc1cc(I)c2cc(CO)sc2c1. The maximum Gasteiger partial charge on any atom is 0.0774 e. The van der Waals surface area contributed by atoms with Gasteiger partial charge >= 0.3 is 0 Å². The minimum Gasteiger partial charge on any atom is -0.391 e. The monoisotopic (exact) mass is 318 g/mol. The highest BCUT2D eigenvalue weighted by molar-refractivity contribution is 14.1. The number of rotatable bonds is 2. The second-order valence-electron chi connectivity index (χ2n) is 3.21. The van der Waals surface area contributed by atoms with Crippen molar-refractivity contribution in [1.29, 1.82) is 0 Å². The lowest BCUT2D eigenvalue weighted by molar-refractivity contribution is 0.285. The largest absolute Gasteiger partial charge is 0.391 e. The fourth-order valence-corrected chi connectivity index (χ4v) is 3.53. The highest BCUT2D eigenvalue weighted by Gasteiger charge is 2.05. The van der Waals surface area contributed by atoms with Gasteiger partial charge in [0.1, 0.15) is 0 Å². The predicted molar refractivity (Wildman–Crippen MR) is 69.8 cm³/mol. The molecule has 0 fully saturated rings. The summed E-state index contributed by atoms with van der Waals surface area (Å²) < 4.78 is 2.57. The Morgan fingerprint density at radius 1 is 1.36 bits per heavy atom. The quantitative estimate of drug-likeness (QED) is 0.840. The first-order valence-corrected chi connectivity index (χ1v) is 6.45. The van der Waals surface area contributed by atoms with Crippen molar-refractivity contribution < 1.29 is 5.11 Å². The molecule has 1 heterocycles. The number of benzene rings is 1. The molecule has 1 aromatic carbocycles. The summed E-state index contributed by atoms with van der Waals surface area (Å²) in [6.07, 6.45) is 1.07. The molecule has 0 unspecified atom stereocenters. The molecule has 14 heavy (non-hydrogen) atoms. The van der Waals surface area contributed by atoms with Crippen LogP contribution in [0.1, 0.15) is 17.4 Å². The first kappa shape index (κ1) is 10.4. The molecule has 1 aromatic heterocycles. The molecule has 0 saturated carbocycles. The predicted octanol–water partition coefficient (Wildman–Crippen LogP) is 3.56. The number of aliphatic hydroxyl groups is 1. The Labute approximate surface area is 101 Å². The lowest BCUT2D eigenvalue weighted by Gasteiger charge is -1.99. The molecule has 0 atom stereocenters. The van der Waals surface area contributed by atoms with Crippen LogP contribution in [-0.4, -0.2) is 5.11 Å². The van der Waals surface area contributed by atoms with Crippen molar-refractivity contribution in [2.75, 3.05) is 0 Å². The third-order valence-corrected chi connectivity index (χ3v) is 4.22. The van der Waals surface area contributed by atoms with E-state index in [4.69, 9.17) is 5.11 Å². The first-order chi connectivity index (χ1) is 6.74. The number of hydrogen-bond acceptors (Lipinski definition) is 2. The molecule has 0 saturated heterocycles. The van der Waals surface area contributed by atoms with Gasteiger partial charge in [-0.15, -0.1) is 11.3 Å². The third kappa shape index (κ3) is 1.81. The average Bonchev–Trinajstić information content (AvgIpc) is 2.61. The van der Waals surface area contributed by atoms with Gasteiger partial charge < -0.3 is 5.11 Å². The zero-order valence-electron chi connectivity index (χ0n) is 7.88. The topological polar surface area (TPSA) is 20.2 Å². The number of thiophene rings is 1. The van der Waals surface area contributed by atoms with Crippen LogP contribution in [0.15, 0.2) is 18.2 Å². The van der Waals surface area contributed by atoms with Crippen LogP contribution < -0.4 is 0 Å². The van der Waals surface area contributed by atoms with E-state index in [0.29, 0.717) is 0 Å². The Balaban J connectivity index is 2.67. The Bertz CT molecular complexity index is 462. The van der Waals surface area contributed by atoms with Crippen LogP contribution in [0, 0.1) is 3.57 Å². The van der Waals surface area contributed by atoms with E-state index < -0.39 is 0 Å². The molecule has 74 valence electrons. The van der Waals surface area contributed by atoms with Gasteiger partial charge in [0.2, 0.25) is 0 Å². The van der Waals surface area contributed by atoms with Gasteiger partial charge in [-0.1, -0.05) is 6.92 Å². The smallest absolute Gasteiger partial charge is 0.0774 e. The van der Waals surface area contributed by atoms with Crippen LogP contribution in [0.4, 0.5) is 0 Å². The highest BCUT2D eigenvalue weighted by Crippen LogP contribution is 2.30. The van der Waals surface area contributed by atoms with Gasteiger partial charge in [0, 0.05) is 18.5 Å². The van der Waals surface area contributed by atoms with Gasteiger partial charge in [-0.25, -0.2) is 0 Å². The molecule has 0 aliphatic heterocycles. The van der Waals surface area contributed by atoms with Crippen LogP contribution >= 0.6 is 33.9 Å². The zero-order chi connectivity index (χ0) is 10.1. The van der Waals surface area contributed by atoms with Crippen LogP contribution in [0.5, 0.6) is 0 Å².